The molecule has 4 nitrogen and oxygen atoms in total. The molecule has 0 bridgehead atoms. The van der Waals surface area contributed by atoms with Crippen LogP contribution in [0, 0.1) is 0 Å². The van der Waals surface area contributed by atoms with Crippen LogP contribution in [0.3, 0.4) is 0 Å². The summed E-state index contributed by atoms with van der Waals surface area (Å²) in [6, 6.07) is 20.2. The predicted molar refractivity (Wildman–Crippen MR) is 120 cm³/mol. The zero-order valence-electron chi connectivity index (χ0n) is 17.1. The van der Waals surface area contributed by atoms with E-state index in [2.05, 4.69) is 5.32 Å². The molecule has 0 heterocycles. The molecule has 0 saturated carbocycles. The van der Waals surface area contributed by atoms with Crippen molar-refractivity contribution >= 4 is 11.6 Å². The van der Waals surface area contributed by atoms with Crippen molar-refractivity contribution in [2.45, 2.75) is 37.8 Å². The maximum absolute atomic E-state index is 10.8. The van der Waals surface area contributed by atoms with Crippen molar-refractivity contribution in [1.29, 1.82) is 0 Å². The number of nitrogens with one attached hydrogen (secondary N) is 1. The minimum absolute atomic E-state index is 0.125. The second-order valence-electron chi connectivity index (χ2n) is 7.03. The number of aliphatic hydroxyl groups excluding tert-OH is 1. The Morgan fingerprint density at radius 3 is 1.86 bits per heavy atom. The van der Waals surface area contributed by atoms with Gasteiger partial charge >= 0.3 is 0 Å². The summed E-state index contributed by atoms with van der Waals surface area (Å²) < 4.78 is 11.2. The van der Waals surface area contributed by atoms with E-state index in [9.17, 15) is 5.11 Å². The molecule has 29 heavy (non-hydrogen) atoms. The Labute approximate surface area is 180 Å². The van der Waals surface area contributed by atoms with Crippen molar-refractivity contribution in [3.8, 4) is 0 Å². The van der Waals surface area contributed by atoms with E-state index in [4.69, 9.17) is 21.1 Å². The molecule has 0 aliphatic heterocycles. The van der Waals surface area contributed by atoms with E-state index in [1.54, 1.807) is 0 Å². The van der Waals surface area contributed by atoms with Gasteiger partial charge in [-0.2, -0.15) is 0 Å². The highest BCUT2D eigenvalue weighted by molar-refractivity contribution is 6.17. The monoisotopic (exact) mass is 419 g/mol. The molecule has 5 heteroatoms. The van der Waals surface area contributed by atoms with Crippen LogP contribution in [0.4, 0.5) is 0 Å². The van der Waals surface area contributed by atoms with Gasteiger partial charge in [-0.05, 0) is 24.0 Å². The SMILES string of the molecule is OC(NCCOCCOCCCCCCCl)C(c1ccccc1)c1ccccc1. The summed E-state index contributed by atoms with van der Waals surface area (Å²) in [6.07, 6.45) is 3.81. The lowest BCUT2D eigenvalue weighted by molar-refractivity contribution is 0.0402. The highest BCUT2D eigenvalue weighted by atomic mass is 35.5. The van der Waals surface area contributed by atoms with Crippen molar-refractivity contribution in [2.75, 3.05) is 38.9 Å². The summed E-state index contributed by atoms with van der Waals surface area (Å²) in [5, 5.41) is 14.0. The number of hydrogen-bond acceptors (Lipinski definition) is 4. The normalized spacial score (nSPS) is 12.4. The Bertz CT molecular complexity index is 587. The van der Waals surface area contributed by atoms with E-state index in [-0.39, 0.29) is 5.92 Å². The average Bonchev–Trinajstić information content (AvgIpc) is 2.76. The van der Waals surface area contributed by atoms with Gasteiger partial charge in [0.2, 0.25) is 0 Å². The quantitative estimate of drug-likeness (QED) is 0.238. The third kappa shape index (κ3) is 9.75. The lowest BCUT2D eigenvalue weighted by atomic mass is 9.90. The van der Waals surface area contributed by atoms with E-state index in [0.29, 0.717) is 26.4 Å². The average molecular weight is 420 g/mol. The van der Waals surface area contributed by atoms with Gasteiger partial charge in [-0.25, -0.2) is 0 Å². The maximum Gasteiger partial charge on any atom is 0.116 e. The number of aliphatic hydroxyl groups is 1. The molecule has 0 amide bonds. The zero-order valence-corrected chi connectivity index (χ0v) is 17.9. The van der Waals surface area contributed by atoms with Crippen LogP contribution < -0.4 is 5.32 Å². The third-order valence-electron chi connectivity index (χ3n) is 4.78. The molecular formula is C24H34ClNO3. The van der Waals surface area contributed by atoms with Crippen molar-refractivity contribution in [1.82, 2.24) is 5.32 Å². The highest BCUT2D eigenvalue weighted by Gasteiger charge is 2.22. The Morgan fingerprint density at radius 2 is 1.28 bits per heavy atom. The van der Waals surface area contributed by atoms with Crippen LogP contribution >= 0.6 is 11.6 Å². The fourth-order valence-electron chi connectivity index (χ4n) is 3.25. The Balaban J connectivity index is 1.63. The Hall–Kier alpha value is -1.43. The number of ether oxygens (including phenoxy) is 2. The topological polar surface area (TPSA) is 50.7 Å². The third-order valence-corrected chi connectivity index (χ3v) is 5.04. The van der Waals surface area contributed by atoms with Crippen molar-refractivity contribution in [2.24, 2.45) is 0 Å². The molecule has 0 aliphatic carbocycles. The summed E-state index contributed by atoms with van der Waals surface area (Å²) in [6.45, 7) is 3.07. The standard InChI is InChI=1S/C24H34ClNO3/c25-15-9-1-2-10-17-28-19-20-29-18-16-26-24(27)23(21-11-5-3-6-12-21)22-13-7-4-8-14-22/h3-8,11-14,23-24,26-27H,1-2,9-10,15-20H2. The number of benzene rings is 2. The predicted octanol–water partition coefficient (Wildman–Crippen LogP) is 4.56. The molecule has 2 aromatic rings. The first-order chi connectivity index (χ1) is 14.3. The van der Waals surface area contributed by atoms with Crippen LogP contribution in [0.15, 0.2) is 60.7 Å². The van der Waals surface area contributed by atoms with Gasteiger partial charge in [-0.3, -0.25) is 5.32 Å². The van der Waals surface area contributed by atoms with Crippen molar-refractivity contribution in [3.63, 3.8) is 0 Å². The Morgan fingerprint density at radius 1 is 0.724 bits per heavy atom. The fourth-order valence-corrected chi connectivity index (χ4v) is 3.44. The van der Waals surface area contributed by atoms with Gasteiger partial charge < -0.3 is 14.6 Å². The van der Waals surface area contributed by atoms with Crippen LogP contribution in [0.2, 0.25) is 0 Å². The molecule has 0 aliphatic rings. The number of unbranched alkanes of at least 4 members (excludes halogenated alkanes) is 3. The number of hydrogen-bond donors (Lipinski definition) is 2. The van der Waals surface area contributed by atoms with E-state index in [1.165, 1.54) is 12.8 Å². The largest absolute Gasteiger partial charge is 0.379 e. The van der Waals surface area contributed by atoms with E-state index >= 15 is 0 Å². The molecule has 0 aromatic heterocycles. The summed E-state index contributed by atoms with van der Waals surface area (Å²) in [4.78, 5) is 0. The summed E-state index contributed by atoms with van der Waals surface area (Å²) in [5.74, 6) is 0.619. The molecule has 1 unspecified atom stereocenters. The van der Waals surface area contributed by atoms with Gasteiger partial charge in [0.1, 0.15) is 6.23 Å². The molecule has 0 saturated heterocycles. The molecule has 0 radical (unpaired) electrons. The lowest BCUT2D eigenvalue weighted by Gasteiger charge is -2.25. The minimum atomic E-state index is -0.687. The molecule has 0 fully saturated rings. The number of rotatable bonds is 16. The fraction of sp³-hybridized carbons (Fsp3) is 0.500. The van der Waals surface area contributed by atoms with Gasteiger partial charge in [0, 0.05) is 24.9 Å². The second kappa shape index (κ2) is 15.4. The molecule has 2 rings (SSSR count). The van der Waals surface area contributed by atoms with Gasteiger partial charge in [0.25, 0.3) is 0 Å². The molecule has 1 atom stereocenters. The van der Waals surface area contributed by atoms with Gasteiger partial charge in [-0.1, -0.05) is 73.5 Å². The van der Waals surface area contributed by atoms with Crippen molar-refractivity contribution in [3.05, 3.63) is 71.8 Å². The van der Waals surface area contributed by atoms with Crippen LogP contribution in [-0.2, 0) is 9.47 Å². The summed E-state index contributed by atoms with van der Waals surface area (Å²) in [7, 11) is 0. The molecular weight excluding hydrogens is 386 g/mol. The van der Waals surface area contributed by atoms with Crippen LogP contribution in [0.5, 0.6) is 0 Å². The number of halogens is 1. The van der Waals surface area contributed by atoms with Crippen LogP contribution in [0.1, 0.15) is 42.7 Å². The van der Waals surface area contributed by atoms with Crippen LogP contribution in [-0.4, -0.2) is 50.2 Å². The van der Waals surface area contributed by atoms with Crippen molar-refractivity contribution < 1.29 is 14.6 Å². The van der Waals surface area contributed by atoms with E-state index in [0.717, 1.165) is 36.5 Å². The highest BCUT2D eigenvalue weighted by Crippen LogP contribution is 2.26. The van der Waals surface area contributed by atoms with Gasteiger partial charge in [-0.15, -0.1) is 11.6 Å². The number of alkyl halides is 1. The molecule has 2 N–H and O–H groups in total. The Kier molecular flexibility index (Phi) is 12.7. The second-order valence-corrected chi connectivity index (χ2v) is 7.40. The molecule has 0 spiro atoms. The maximum atomic E-state index is 10.8. The first kappa shape index (κ1) is 23.8. The molecule has 160 valence electrons. The zero-order chi connectivity index (χ0) is 20.6. The van der Waals surface area contributed by atoms with Gasteiger partial charge in [0.15, 0.2) is 0 Å². The van der Waals surface area contributed by atoms with E-state index < -0.39 is 6.23 Å². The first-order valence-corrected chi connectivity index (χ1v) is 11.1. The van der Waals surface area contributed by atoms with E-state index in [1.807, 2.05) is 60.7 Å². The molecule has 2 aromatic carbocycles. The summed E-state index contributed by atoms with van der Waals surface area (Å²) >= 11 is 5.65. The smallest absolute Gasteiger partial charge is 0.116 e. The summed E-state index contributed by atoms with van der Waals surface area (Å²) in [5.41, 5.74) is 2.16. The lowest BCUT2D eigenvalue weighted by Crippen LogP contribution is -2.37. The first-order valence-electron chi connectivity index (χ1n) is 10.6. The van der Waals surface area contributed by atoms with Gasteiger partial charge in [0.05, 0.1) is 19.8 Å². The van der Waals surface area contributed by atoms with Crippen LogP contribution in [0.25, 0.3) is 0 Å². The minimum Gasteiger partial charge on any atom is -0.379 e.